The number of aromatic nitrogens is 4. The Morgan fingerprint density at radius 3 is 3.13 bits per heavy atom. The van der Waals surface area contributed by atoms with E-state index in [0.717, 1.165) is 24.4 Å². The Morgan fingerprint density at radius 1 is 1.43 bits per heavy atom. The Labute approximate surface area is 177 Å². The van der Waals surface area contributed by atoms with E-state index in [1.807, 2.05) is 0 Å². The van der Waals surface area contributed by atoms with Crippen LogP contribution in [0, 0.1) is 11.7 Å². The SMILES string of the molecule is CCOC(=O)N1CCC[C@@H](CNc2nc(-c3c[nH]c4ncc(Cl)cc34)ncc2F)C1. The summed E-state index contributed by atoms with van der Waals surface area (Å²) in [5.41, 5.74) is 1.34. The summed E-state index contributed by atoms with van der Waals surface area (Å²) in [4.78, 5) is 29.4. The molecule has 8 nitrogen and oxygen atoms in total. The summed E-state index contributed by atoms with van der Waals surface area (Å²) in [6, 6.07) is 1.77. The second kappa shape index (κ2) is 8.83. The minimum absolute atomic E-state index is 0.123. The number of ether oxygens (including phenoxy) is 1. The number of halogens is 2. The fourth-order valence-electron chi connectivity index (χ4n) is 3.64. The van der Waals surface area contributed by atoms with Crippen molar-refractivity contribution in [2.24, 2.45) is 5.92 Å². The van der Waals surface area contributed by atoms with Crippen molar-refractivity contribution < 1.29 is 13.9 Å². The molecule has 1 atom stereocenters. The van der Waals surface area contributed by atoms with Crippen molar-refractivity contribution in [1.82, 2.24) is 24.8 Å². The smallest absolute Gasteiger partial charge is 0.409 e. The fourth-order valence-corrected chi connectivity index (χ4v) is 3.79. The van der Waals surface area contributed by atoms with Crippen LogP contribution in [0.25, 0.3) is 22.4 Å². The summed E-state index contributed by atoms with van der Waals surface area (Å²) < 4.78 is 19.4. The molecule has 30 heavy (non-hydrogen) atoms. The molecule has 1 aliphatic rings. The first kappa shape index (κ1) is 20.3. The number of hydrogen-bond donors (Lipinski definition) is 2. The van der Waals surface area contributed by atoms with Crippen LogP contribution in [0.4, 0.5) is 15.0 Å². The van der Waals surface area contributed by atoms with Crippen LogP contribution in [0.2, 0.25) is 5.02 Å². The molecule has 3 aromatic rings. The zero-order valence-electron chi connectivity index (χ0n) is 16.5. The maximum Gasteiger partial charge on any atom is 0.409 e. The monoisotopic (exact) mass is 432 g/mol. The maximum absolute atomic E-state index is 14.3. The number of rotatable bonds is 5. The van der Waals surface area contributed by atoms with Crippen LogP contribution in [-0.2, 0) is 4.74 Å². The highest BCUT2D eigenvalue weighted by Gasteiger charge is 2.25. The zero-order chi connectivity index (χ0) is 21.1. The van der Waals surface area contributed by atoms with Gasteiger partial charge in [-0.3, -0.25) is 0 Å². The second-order valence-corrected chi connectivity index (χ2v) is 7.61. The summed E-state index contributed by atoms with van der Waals surface area (Å²) in [5.74, 6) is 0.133. The molecular formula is C20H22ClFN6O2. The van der Waals surface area contributed by atoms with Gasteiger partial charge in [0.25, 0.3) is 0 Å². The van der Waals surface area contributed by atoms with Gasteiger partial charge in [0, 0.05) is 43.0 Å². The van der Waals surface area contributed by atoms with Crippen molar-refractivity contribution in [3.05, 3.63) is 35.5 Å². The first-order chi connectivity index (χ1) is 14.5. The first-order valence-electron chi connectivity index (χ1n) is 9.86. The van der Waals surface area contributed by atoms with E-state index in [1.54, 1.807) is 30.3 Å². The number of hydrogen-bond acceptors (Lipinski definition) is 6. The lowest BCUT2D eigenvalue weighted by Crippen LogP contribution is -2.42. The summed E-state index contributed by atoms with van der Waals surface area (Å²) in [5, 5.41) is 4.33. The average Bonchev–Trinajstić information content (AvgIpc) is 3.16. The topological polar surface area (TPSA) is 96.0 Å². The predicted octanol–water partition coefficient (Wildman–Crippen LogP) is 4.09. The van der Waals surface area contributed by atoms with Gasteiger partial charge in [0.05, 0.1) is 17.8 Å². The van der Waals surface area contributed by atoms with Crippen molar-refractivity contribution in [2.45, 2.75) is 19.8 Å². The van der Waals surface area contributed by atoms with Gasteiger partial charge in [0.1, 0.15) is 5.65 Å². The van der Waals surface area contributed by atoms with E-state index in [-0.39, 0.29) is 17.8 Å². The molecule has 1 fully saturated rings. The van der Waals surface area contributed by atoms with Crippen LogP contribution in [0.5, 0.6) is 0 Å². The van der Waals surface area contributed by atoms with Gasteiger partial charge in [-0.2, -0.15) is 0 Å². The Morgan fingerprint density at radius 2 is 2.30 bits per heavy atom. The minimum atomic E-state index is -0.534. The molecule has 1 saturated heterocycles. The molecule has 0 radical (unpaired) electrons. The first-order valence-corrected chi connectivity index (χ1v) is 10.2. The number of nitrogens with one attached hydrogen (secondary N) is 2. The van der Waals surface area contributed by atoms with Gasteiger partial charge in [0.2, 0.25) is 0 Å². The normalized spacial score (nSPS) is 16.6. The summed E-state index contributed by atoms with van der Waals surface area (Å²) in [7, 11) is 0. The van der Waals surface area contributed by atoms with Crippen molar-refractivity contribution in [3.8, 4) is 11.4 Å². The lowest BCUT2D eigenvalue weighted by molar-refractivity contribution is 0.0898. The highest BCUT2D eigenvalue weighted by atomic mass is 35.5. The van der Waals surface area contributed by atoms with Crippen molar-refractivity contribution in [2.75, 3.05) is 31.6 Å². The van der Waals surface area contributed by atoms with Crippen LogP contribution in [-0.4, -0.2) is 57.2 Å². The number of carbonyl (C=O) groups is 1. The predicted molar refractivity (Wildman–Crippen MR) is 112 cm³/mol. The van der Waals surface area contributed by atoms with E-state index < -0.39 is 5.82 Å². The van der Waals surface area contributed by atoms with E-state index in [4.69, 9.17) is 16.3 Å². The molecule has 0 saturated carbocycles. The summed E-state index contributed by atoms with van der Waals surface area (Å²) in [6.07, 6.45) is 5.94. The number of H-pyrrole nitrogens is 1. The van der Waals surface area contributed by atoms with E-state index in [1.165, 1.54) is 0 Å². The zero-order valence-corrected chi connectivity index (χ0v) is 17.2. The number of pyridine rings is 1. The minimum Gasteiger partial charge on any atom is -0.450 e. The molecule has 4 heterocycles. The highest BCUT2D eigenvalue weighted by molar-refractivity contribution is 6.31. The molecular weight excluding hydrogens is 411 g/mol. The molecule has 3 aromatic heterocycles. The standard InChI is InChI=1S/C20H22ClFN6O2/c1-2-30-20(29)28-5-3-4-12(11-28)7-23-19-16(22)10-26-18(27-19)15-9-25-17-14(15)6-13(21)8-24-17/h6,8-10,12H,2-5,7,11H2,1H3,(H,24,25)(H,23,26,27)/t12-/m0/s1. The van der Waals surface area contributed by atoms with Crippen molar-refractivity contribution in [1.29, 1.82) is 0 Å². The number of aromatic amines is 1. The van der Waals surface area contributed by atoms with E-state index in [9.17, 15) is 9.18 Å². The molecule has 10 heteroatoms. The van der Waals surface area contributed by atoms with Crippen LogP contribution in [0.1, 0.15) is 19.8 Å². The third-order valence-electron chi connectivity index (χ3n) is 5.09. The Kier molecular flexibility index (Phi) is 5.98. The largest absolute Gasteiger partial charge is 0.450 e. The highest BCUT2D eigenvalue weighted by Crippen LogP contribution is 2.28. The van der Waals surface area contributed by atoms with Crippen molar-refractivity contribution >= 4 is 34.5 Å². The molecule has 0 spiro atoms. The number of likely N-dealkylation sites (tertiary alicyclic amines) is 1. The van der Waals surface area contributed by atoms with Gasteiger partial charge >= 0.3 is 6.09 Å². The van der Waals surface area contributed by atoms with E-state index >= 15 is 0 Å². The lowest BCUT2D eigenvalue weighted by atomic mass is 9.98. The average molecular weight is 433 g/mol. The Hall–Kier alpha value is -2.94. The molecule has 4 rings (SSSR count). The maximum atomic E-state index is 14.3. The number of anilines is 1. The number of fused-ring (bicyclic) bond motifs is 1. The number of amides is 1. The van der Waals surface area contributed by atoms with Crippen molar-refractivity contribution in [3.63, 3.8) is 0 Å². The van der Waals surface area contributed by atoms with Gasteiger partial charge < -0.3 is 19.9 Å². The Balaban J connectivity index is 1.49. The third-order valence-corrected chi connectivity index (χ3v) is 5.29. The fraction of sp³-hybridized carbons (Fsp3) is 0.400. The molecule has 1 amide bonds. The Bertz CT molecular complexity index is 1060. The number of piperidine rings is 1. The van der Waals surface area contributed by atoms with Gasteiger partial charge in [-0.05, 0) is 31.7 Å². The quantitative estimate of drug-likeness (QED) is 0.630. The third kappa shape index (κ3) is 4.30. The molecule has 1 aliphatic heterocycles. The molecule has 0 aliphatic carbocycles. The van der Waals surface area contributed by atoms with Crippen LogP contribution in [0.15, 0.2) is 24.7 Å². The van der Waals surface area contributed by atoms with Gasteiger partial charge in [-0.25, -0.2) is 24.1 Å². The van der Waals surface area contributed by atoms with Crippen LogP contribution >= 0.6 is 11.6 Å². The van der Waals surface area contributed by atoms with Gasteiger partial charge in [0.15, 0.2) is 17.5 Å². The summed E-state index contributed by atoms with van der Waals surface area (Å²) >= 11 is 6.05. The molecule has 158 valence electrons. The number of carbonyl (C=O) groups excluding carboxylic acids is 1. The molecule has 0 bridgehead atoms. The molecule has 2 N–H and O–H groups in total. The molecule has 0 aromatic carbocycles. The second-order valence-electron chi connectivity index (χ2n) is 7.18. The van der Waals surface area contributed by atoms with Gasteiger partial charge in [-0.1, -0.05) is 11.6 Å². The lowest BCUT2D eigenvalue weighted by Gasteiger charge is -2.32. The van der Waals surface area contributed by atoms with E-state index in [2.05, 4.69) is 25.3 Å². The molecule has 0 unspecified atom stereocenters. The number of nitrogens with zero attached hydrogens (tertiary/aromatic N) is 4. The van der Waals surface area contributed by atoms with E-state index in [0.29, 0.717) is 48.3 Å². The van der Waals surface area contributed by atoms with Gasteiger partial charge in [-0.15, -0.1) is 0 Å². The van der Waals surface area contributed by atoms with Crippen LogP contribution in [0.3, 0.4) is 0 Å². The summed E-state index contributed by atoms with van der Waals surface area (Å²) in [6.45, 7) is 3.87. The van der Waals surface area contributed by atoms with Crippen LogP contribution < -0.4 is 5.32 Å².